The second-order valence-electron chi connectivity index (χ2n) is 7.10. The molecule has 0 aliphatic carbocycles. The number of aryl methyl sites for hydroxylation is 3. The number of imidazole rings is 1. The molecule has 114 valence electrons. The molecule has 0 unspecified atom stereocenters. The normalized spacial score (nSPS) is 15.4. The Labute approximate surface area is 136 Å². The Bertz CT molecular complexity index is 954. The first-order chi connectivity index (χ1) is 10.3. The van der Waals surface area contributed by atoms with Crippen molar-refractivity contribution in [2.75, 3.05) is 0 Å². The van der Waals surface area contributed by atoms with Crippen LogP contribution >= 0.6 is 11.3 Å². The van der Waals surface area contributed by atoms with Crippen LogP contribution in [0.2, 0.25) is 0 Å². The summed E-state index contributed by atoms with van der Waals surface area (Å²) in [4.78, 5) is 1.45. The van der Waals surface area contributed by atoms with E-state index in [0.717, 1.165) is 0 Å². The number of hydrogen-bond acceptors (Lipinski definition) is 1. The first-order valence-corrected chi connectivity index (χ1v) is 8.78. The second kappa shape index (κ2) is 4.02. The summed E-state index contributed by atoms with van der Waals surface area (Å²) >= 11 is 1.88. The van der Waals surface area contributed by atoms with Crippen LogP contribution in [-0.4, -0.2) is 4.40 Å². The second-order valence-corrected chi connectivity index (χ2v) is 8.01. The maximum Gasteiger partial charge on any atom is 0.259 e. The molecule has 3 heteroatoms. The highest BCUT2D eigenvalue weighted by Crippen LogP contribution is 2.45. The summed E-state index contributed by atoms with van der Waals surface area (Å²) in [7, 11) is 0. The lowest BCUT2D eigenvalue weighted by atomic mass is 9.97. The first-order valence-electron chi connectivity index (χ1n) is 7.90. The van der Waals surface area contributed by atoms with Gasteiger partial charge in [-0.3, -0.25) is 0 Å². The van der Waals surface area contributed by atoms with Crippen LogP contribution in [0.3, 0.4) is 0 Å². The van der Waals surface area contributed by atoms with E-state index < -0.39 is 0 Å². The summed E-state index contributed by atoms with van der Waals surface area (Å²) in [5.41, 5.74) is 9.92. The Morgan fingerprint density at radius 1 is 1.00 bits per heavy atom. The topological polar surface area (TPSA) is 8.29 Å². The van der Waals surface area contributed by atoms with Gasteiger partial charge in [-0.1, -0.05) is 0 Å². The molecule has 0 atom stereocenters. The van der Waals surface area contributed by atoms with Gasteiger partial charge in [-0.05, 0) is 64.1 Å². The number of thiophene rings is 1. The van der Waals surface area contributed by atoms with Crippen molar-refractivity contribution in [3.05, 3.63) is 45.2 Å². The van der Waals surface area contributed by atoms with Gasteiger partial charge in [-0.15, -0.1) is 11.3 Å². The minimum Gasteiger partial charge on any atom is -0.217 e. The highest BCUT2D eigenvalue weighted by molar-refractivity contribution is 7.13. The van der Waals surface area contributed by atoms with Crippen LogP contribution < -0.4 is 4.57 Å². The van der Waals surface area contributed by atoms with Crippen molar-refractivity contribution in [2.24, 2.45) is 0 Å². The van der Waals surface area contributed by atoms with Gasteiger partial charge in [0.25, 0.3) is 5.82 Å². The maximum atomic E-state index is 2.54. The molecule has 1 aliphatic heterocycles. The van der Waals surface area contributed by atoms with Crippen molar-refractivity contribution < 1.29 is 4.57 Å². The molecule has 2 nitrogen and oxygen atoms in total. The van der Waals surface area contributed by atoms with Crippen LogP contribution in [0.15, 0.2) is 11.4 Å². The Morgan fingerprint density at radius 2 is 1.68 bits per heavy atom. The number of rotatable bonds is 0. The molecule has 0 N–H and O–H groups in total. The quantitative estimate of drug-likeness (QED) is 0.537. The Balaban J connectivity index is 2.33. The third kappa shape index (κ3) is 1.34. The van der Waals surface area contributed by atoms with Gasteiger partial charge in [-0.25, -0.2) is 4.57 Å². The van der Waals surface area contributed by atoms with E-state index in [9.17, 15) is 0 Å². The third-order valence-electron chi connectivity index (χ3n) is 5.78. The third-order valence-corrected chi connectivity index (χ3v) is 6.70. The van der Waals surface area contributed by atoms with Gasteiger partial charge >= 0.3 is 0 Å². The highest BCUT2D eigenvalue weighted by atomic mass is 32.1. The van der Waals surface area contributed by atoms with Crippen molar-refractivity contribution in [1.82, 2.24) is 4.40 Å². The molecular weight excluding hydrogens is 288 g/mol. The van der Waals surface area contributed by atoms with Crippen LogP contribution in [0, 0.1) is 34.6 Å². The predicted molar refractivity (Wildman–Crippen MR) is 93.0 cm³/mol. The van der Waals surface area contributed by atoms with E-state index in [1.54, 1.807) is 0 Å². The van der Waals surface area contributed by atoms with Crippen LogP contribution in [0.5, 0.6) is 0 Å². The number of hydrogen-bond donors (Lipinski definition) is 0. The number of fused-ring (bicyclic) bond motifs is 5. The molecule has 0 radical (unpaired) electrons. The smallest absolute Gasteiger partial charge is 0.217 e. The zero-order valence-corrected chi connectivity index (χ0v) is 15.3. The van der Waals surface area contributed by atoms with Crippen molar-refractivity contribution >= 4 is 16.9 Å². The van der Waals surface area contributed by atoms with Crippen molar-refractivity contribution in [2.45, 2.75) is 54.0 Å². The summed E-state index contributed by atoms with van der Waals surface area (Å²) in [6.45, 7) is 16.0. The molecule has 0 amide bonds. The van der Waals surface area contributed by atoms with Gasteiger partial charge in [0.2, 0.25) is 0 Å². The summed E-state index contributed by atoms with van der Waals surface area (Å²) in [6, 6.07) is 2.30. The molecule has 0 bridgehead atoms. The van der Waals surface area contributed by atoms with E-state index in [0.29, 0.717) is 0 Å². The number of pyridine rings is 1. The van der Waals surface area contributed by atoms with Crippen LogP contribution in [-0.2, 0) is 5.54 Å². The molecule has 0 aromatic carbocycles. The van der Waals surface area contributed by atoms with E-state index in [4.69, 9.17) is 0 Å². The molecule has 0 saturated heterocycles. The summed E-state index contributed by atoms with van der Waals surface area (Å²) in [5.74, 6) is 1.34. The van der Waals surface area contributed by atoms with E-state index in [1.165, 1.54) is 49.9 Å². The average Bonchev–Trinajstić information content (AvgIpc) is 3.09. The summed E-state index contributed by atoms with van der Waals surface area (Å²) in [6.07, 6.45) is 0. The molecule has 1 aliphatic rings. The van der Waals surface area contributed by atoms with Crippen LogP contribution in [0.1, 0.15) is 47.6 Å². The lowest BCUT2D eigenvalue weighted by molar-refractivity contribution is -0.736. The Morgan fingerprint density at radius 3 is 2.36 bits per heavy atom. The van der Waals surface area contributed by atoms with Crippen molar-refractivity contribution in [1.29, 1.82) is 0 Å². The molecule has 0 fully saturated rings. The Kier molecular flexibility index (Phi) is 2.56. The molecular formula is C19H23N2S+. The van der Waals surface area contributed by atoms with Crippen LogP contribution in [0.25, 0.3) is 16.1 Å². The standard InChI is InChI=1S/C19H23N2S/c1-10-11(2)13(4)20-14(5)21-17(16(20)12(10)3)18-15(8-9-22-18)19(21,6)7/h8-9H,1-7H3/q+1. The minimum absolute atomic E-state index is 0.0292. The molecule has 3 aromatic rings. The zero-order chi connectivity index (χ0) is 16.0. The molecule has 4 heterocycles. The summed E-state index contributed by atoms with van der Waals surface area (Å²) < 4.78 is 5.01. The SMILES string of the molecule is Cc1c(C)c(C)n2c(C)[n+]3c(c2c1C)-c1sccc1C3(C)C. The highest BCUT2D eigenvalue weighted by Gasteiger charge is 2.46. The predicted octanol–water partition coefficient (Wildman–Crippen LogP) is 4.59. The monoisotopic (exact) mass is 311 g/mol. The first kappa shape index (κ1) is 14.0. The fraction of sp³-hybridized carbons (Fsp3) is 0.421. The largest absolute Gasteiger partial charge is 0.259 e. The Hall–Kier alpha value is -1.61. The van der Waals surface area contributed by atoms with Gasteiger partial charge in [0.05, 0.1) is 4.88 Å². The lowest BCUT2D eigenvalue weighted by Crippen LogP contribution is -2.51. The van der Waals surface area contributed by atoms with Crippen molar-refractivity contribution in [3.8, 4) is 10.6 Å². The molecule has 0 spiro atoms. The summed E-state index contributed by atoms with van der Waals surface area (Å²) in [5, 5.41) is 2.23. The fourth-order valence-corrected chi connectivity index (χ4v) is 5.36. The van der Waals surface area contributed by atoms with Gasteiger partial charge in [0.1, 0.15) is 11.2 Å². The lowest BCUT2D eigenvalue weighted by Gasteiger charge is -2.17. The van der Waals surface area contributed by atoms with Gasteiger partial charge in [-0.2, -0.15) is 4.40 Å². The van der Waals surface area contributed by atoms with E-state index in [-0.39, 0.29) is 5.54 Å². The van der Waals surface area contributed by atoms with Gasteiger partial charge in [0, 0.05) is 18.1 Å². The molecule has 0 saturated carbocycles. The fourth-order valence-electron chi connectivity index (χ4n) is 4.28. The number of nitrogens with zero attached hydrogens (tertiary/aromatic N) is 2. The molecule has 22 heavy (non-hydrogen) atoms. The number of aromatic nitrogens is 2. The molecule has 4 rings (SSSR count). The van der Waals surface area contributed by atoms with Crippen molar-refractivity contribution in [3.63, 3.8) is 0 Å². The maximum absolute atomic E-state index is 2.54. The zero-order valence-electron chi connectivity index (χ0n) is 14.5. The van der Waals surface area contributed by atoms with Crippen LogP contribution in [0.4, 0.5) is 0 Å². The molecule has 3 aromatic heterocycles. The van der Waals surface area contributed by atoms with E-state index in [2.05, 4.69) is 68.9 Å². The average molecular weight is 311 g/mol. The van der Waals surface area contributed by atoms with E-state index in [1.807, 2.05) is 11.3 Å². The van der Waals surface area contributed by atoms with Gasteiger partial charge < -0.3 is 0 Å². The van der Waals surface area contributed by atoms with Gasteiger partial charge in [0.15, 0.2) is 11.2 Å². The van der Waals surface area contributed by atoms with E-state index >= 15 is 0 Å². The minimum atomic E-state index is 0.0292.